The Labute approximate surface area is 74.4 Å². The summed E-state index contributed by atoms with van der Waals surface area (Å²) >= 11 is 0. The summed E-state index contributed by atoms with van der Waals surface area (Å²) in [7, 11) is 1.66. The van der Waals surface area contributed by atoms with Crippen molar-refractivity contribution in [2.45, 2.75) is 13.0 Å². The molecule has 2 nitrogen and oxygen atoms in total. The van der Waals surface area contributed by atoms with Crippen LogP contribution >= 0.6 is 0 Å². The Morgan fingerprint density at radius 1 is 1.67 bits per heavy atom. The van der Waals surface area contributed by atoms with Crippen LogP contribution in [0.3, 0.4) is 0 Å². The van der Waals surface area contributed by atoms with E-state index in [1.807, 2.05) is 25.2 Å². The van der Waals surface area contributed by atoms with E-state index >= 15 is 0 Å². The molecule has 2 heteroatoms. The molecule has 0 saturated heterocycles. The molecule has 0 radical (unpaired) electrons. The molecule has 68 valence electrons. The second-order valence-corrected chi connectivity index (χ2v) is 2.55. The topological polar surface area (TPSA) is 35.2 Å². The molecule has 0 amide bonds. The van der Waals surface area contributed by atoms with Crippen molar-refractivity contribution < 1.29 is 4.74 Å². The van der Waals surface area contributed by atoms with Gasteiger partial charge in [-0.05, 0) is 12.5 Å². The van der Waals surface area contributed by atoms with Crippen LogP contribution in [0.25, 0.3) is 0 Å². The molecule has 0 aliphatic rings. The van der Waals surface area contributed by atoms with Crippen LogP contribution in [0.4, 0.5) is 0 Å². The average Bonchev–Trinajstić information content (AvgIpc) is 2.03. The number of ether oxygens (including phenoxy) is 1. The molecule has 0 aromatic heterocycles. The summed E-state index contributed by atoms with van der Waals surface area (Å²) in [5.41, 5.74) is 6.75. The van der Waals surface area contributed by atoms with Crippen molar-refractivity contribution in [3.05, 3.63) is 36.5 Å². The minimum absolute atomic E-state index is 0.0381. The van der Waals surface area contributed by atoms with Crippen molar-refractivity contribution in [1.29, 1.82) is 0 Å². The fourth-order valence-electron chi connectivity index (χ4n) is 0.776. The van der Waals surface area contributed by atoms with Gasteiger partial charge in [0, 0.05) is 13.2 Å². The number of allylic oxidation sites excluding steroid dienone is 2. The van der Waals surface area contributed by atoms with Crippen molar-refractivity contribution in [3.63, 3.8) is 0 Å². The quantitative estimate of drug-likeness (QED) is 0.632. The van der Waals surface area contributed by atoms with Crippen LogP contribution in [0.2, 0.25) is 0 Å². The van der Waals surface area contributed by atoms with E-state index < -0.39 is 0 Å². The largest absolute Gasteiger partial charge is 0.381 e. The fraction of sp³-hybridized carbons (Fsp3) is 0.400. The van der Waals surface area contributed by atoms with Gasteiger partial charge in [0.05, 0.1) is 6.61 Å². The maximum atomic E-state index is 5.70. The third kappa shape index (κ3) is 4.88. The van der Waals surface area contributed by atoms with Gasteiger partial charge in [0.25, 0.3) is 0 Å². The summed E-state index contributed by atoms with van der Waals surface area (Å²) in [4.78, 5) is 0. The van der Waals surface area contributed by atoms with Crippen LogP contribution in [0.1, 0.15) is 6.92 Å². The van der Waals surface area contributed by atoms with Gasteiger partial charge in [-0.2, -0.15) is 0 Å². The van der Waals surface area contributed by atoms with Gasteiger partial charge in [-0.3, -0.25) is 0 Å². The number of methoxy groups -OCH3 is 1. The van der Waals surface area contributed by atoms with E-state index in [1.54, 1.807) is 13.2 Å². The molecular weight excluding hydrogens is 150 g/mol. The third-order valence-electron chi connectivity index (χ3n) is 1.41. The molecule has 1 atom stereocenters. The Balaban J connectivity index is 4.13. The molecular formula is C10H17NO. The lowest BCUT2D eigenvalue weighted by molar-refractivity contribution is 0.234. The first kappa shape index (κ1) is 11.1. The summed E-state index contributed by atoms with van der Waals surface area (Å²) in [5, 5.41) is 0. The molecule has 0 fully saturated rings. The molecule has 0 aromatic rings. The third-order valence-corrected chi connectivity index (χ3v) is 1.41. The van der Waals surface area contributed by atoms with E-state index in [9.17, 15) is 0 Å². The zero-order valence-corrected chi connectivity index (χ0v) is 7.79. The number of hydrogen-bond acceptors (Lipinski definition) is 2. The smallest absolute Gasteiger partial charge is 0.0646 e. The predicted molar refractivity (Wildman–Crippen MR) is 52.9 cm³/mol. The highest BCUT2D eigenvalue weighted by Crippen LogP contribution is 2.01. The fourth-order valence-corrected chi connectivity index (χ4v) is 0.776. The zero-order valence-electron chi connectivity index (χ0n) is 7.79. The van der Waals surface area contributed by atoms with Gasteiger partial charge in [-0.15, -0.1) is 0 Å². The molecule has 1 unspecified atom stereocenters. The summed E-state index contributed by atoms with van der Waals surface area (Å²) in [6.07, 6.45) is 7.52. The number of nitrogens with two attached hydrogens (primary N) is 1. The van der Waals surface area contributed by atoms with Crippen molar-refractivity contribution >= 4 is 0 Å². The normalized spacial score (nSPS) is 15.1. The zero-order chi connectivity index (χ0) is 9.40. The summed E-state index contributed by atoms with van der Waals surface area (Å²) in [5.74, 6) is 0. The van der Waals surface area contributed by atoms with E-state index in [1.165, 1.54) is 0 Å². The van der Waals surface area contributed by atoms with Gasteiger partial charge in [0.15, 0.2) is 0 Å². The summed E-state index contributed by atoms with van der Waals surface area (Å²) in [6.45, 7) is 6.16. The van der Waals surface area contributed by atoms with E-state index in [4.69, 9.17) is 10.5 Å². The van der Waals surface area contributed by atoms with Gasteiger partial charge in [-0.1, -0.05) is 30.9 Å². The summed E-state index contributed by atoms with van der Waals surface area (Å²) in [6, 6.07) is 0.0381. The standard InChI is InChI=1S/C10H17NO/c1-4-6-10(9(2)11)7-5-8-12-3/h4-7,9H,1,8,11H2,2-3H3/b7-5-,10-6+. The predicted octanol–water partition coefficient (Wildman–Crippen LogP) is 1.65. The highest BCUT2D eigenvalue weighted by Gasteiger charge is 1.96. The molecule has 0 rings (SSSR count). The van der Waals surface area contributed by atoms with Gasteiger partial charge in [-0.25, -0.2) is 0 Å². The lowest BCUT2D eigenvalue weighted by atomic mass is 10.1. The highest BCUT2D eigenvalue weighted by atomic mass is 16.5. The lowest BCUT2D eigenvalue weighted by Crippen LogP contribution is -2.16. The molecule has 0 spiro atoms. The van der Waals surface area contributed by atoms with Crippen LogP contribution in [0, 0.1) is 0 Å². The minimum atomic E-state index is 0.0381. The minimum Gasteiger partial charge on any atom is -0.381 e. The molecule has 0 saturated carbocycles. The van der Waals surface area contributed by atoms with E-state index in [0.717, 1.165) is 5.57 Å². The molecule has 0 aliphatic carbocycles. The average molecular weight is 167 g/mol. The van der Waals surface area contributed by atoms with Gasteiger partial charge < -0.3 is 10.5 Å². The first-order valence-electron chi connectivity index (χ1n) is 3.96. The second kappa shape index (κ2) is 6.83. The van der Waals surface area contributed by atoms with E-state index in [0.29, 0.717) is 6.61 Å². The molecule has 0 bridgehead atoms. The lowest BCUT2D eigenvalue weighted by Gasteiger charge is -2.04. The number of hydrogen-bond donors (Lipinski definition) is 1. The van der Waals surface area contributed by atoms with Gasteiger partial charge >= 0.3 is 0 Å². The molecule has 12 heavy (non-hydrogen) atoms. The molecule has 0 heterocycles. The van der Waals surface area contributed by atoms with Crippen LogP contribution in [0.15, 0.2) is 36.5 Å². The SMILES string of the molecule is C=C/C=C(\C=C/COC)C(C)N. The van der Waals surface area contributed by atoms with Crippen molar-refractivity contribution in [3.8, 4) is 0 Å². The maximum Gasteiger partial charge on any atom is 0.0646 e. The summed E-state index contributed by atoms with van der Waals surface area (Å²) < 4.78 is 4.87. The first-order chi connectivity index (χ1) is 5.72. The van der Waals surface area contributed by atoms with Gasteiger partial charge in [0.2, 0.25) is 0 Å². The highest BCUT2D eigenvalue weighted by molar-refractivity contribution is 5.27. The van der Waals surface area contributed by atoms with Crippen LogP contribution in [-0.4, -0.2) is 19.8 Å². The molecule has 0 aliphatic heterocycles. The van der Waals surface area contributed by atoms with Crippen molar-refractivity contribution in [2.75, 3.05) is 13.7 Å². The Hall–Kier alpha value is -0.860. The molecule has 2 N–H and O–H groups in total. The molecule has 0 aromatic carbocycles. The number of rotatable bonds is 5. The second-order valence-electron chi connectivity index (χ2n) is 2.55. The first-order valence-corrected chi connectivity index (χ1v) is 3.96. The van der Waals surface area contributed by atoms with E-state index in [2.05, 4.69) is 6.58 Å². The van der Waals surface area contributed by atoms with Crippen molar-refractivity contribution in [1.82, 2.24) is 0 Å². The Bertz CT molecular complexity index is 180. The monoisotopic (exact) mass is 167 g/mol. The van der Waals surface area contributed by atoms with E-state index in [-0.39, 0.29) is 6.04 Å². The van der Waals surface area contributed by atoms with Gasteiger partial charge in [0.1, 0.15) is 0 Å². The van der Waals surface area contributed by atoms with Crippen LogP contribution in [0.5, 0.6) is 0 Å². The van der Waals surface area contributed by atoms with Crippen LogP contribution in [-0.2, 0) is 4.74 Å². The van der Waals surface area contributed by atoms with Crippen molar-refractivity contribution in [2.24, 2.45) is 5.73 Å². The maximum absolute atomic E-state index is 5.70. The van der Waals surface area contributed by atoms with Crippen LogP contribution < -0.4 is 5.73 Å². The Kier molecular flexibility index (Phi) is 6.34. The Morgan fingerprint density at radius 3 is 2.75 bits per heavy atom. The Morgan fingerprint density at radius 2 is 2.33 bits per heavy atom.